The highest BCUT2D eigenvalue weighted by molar-refractivity contribution is 9.10. The van der Waals surface area contributed by atoms with Crippen LogP contribution in [0.4, 0.5) is 5.69 Å². The SMILES string of the molecule is Cc1c(Br)c(O)c([C@@H](N)CO)c(C)c1[N+](=O)[O-]. The van der Waals surface area contributed by atoms with E-state index in [4.69, 9.17) is 10.8 Å². The third-order valence-corrected chi connectivity index (χ3v) is 3.63. The van der Waals surface area contributed by atoms with Crippen LogP contribution in [0, 0.1) is 24.0 Å². The largest absolute Gasteiger partial charge is 0.506 e. The predicted octanol–water partition coefficient (Wildman–Crippen LogP) is 1.67. The van der Waals surface area contributed by atoms with Gasteiger partial charge in [-0.25, -0.2) is 0 Å². The summed E-state index contributed by atoms with van der Waals surface area (Å²) in [5, 5.41) is 29.9. The molecule has 0 aromatic heterocycles. The highest BCUT2D eigenvalue weighted by Gasteiger charge is 2.27. The molecule has 4 N–H and O–H groups in total. The summed E-state index contributed by atoms with van der Waals surface area (Å²) in [5.41, 5.74) is 6.32. The third kappa shape index (κ3) is 2.26. The Balaban J connectivity index is 3.67. The molecule has 1 aromatic carbocycles. The van der Waals surface area contributed by atoms with Crippen LogP contribution in [-0.2, 0) is 0 Å². The molecule has 1 rings (SSSR count). The molecule has 7 heteroatoms. The van der Waals surface area contributed by atoms with Crippen molar-refractivity contribution in [2.24, 2.45) is 5.73 Å². The molecule has 6 nitrogen and oxygen atoms in total. The summed E-state index contributed by atoms with van der Waals surface area (Å²) in [6.45, 7) is 2.63. The summed E-state index contributed by atoms with van der Waals surface area (Å²) in [6.07, 6.45) is 0. The summed E-state index contributed by atoms with van der Waals surface area (Å²) in [6, 6.07) is -0.856. The predicted molar refractivity (Wildman–Crippen MR) is 65.9 cm³/mol. The number of hydrogen-bond acceptors (Lipinski definition) is 5. The van der Waals surface area contributed by atoms with Gasteiger partial charge in [-0.15, -0.1) is 0 Å². The maximum Gasteiger partial charge on any atom is 0.276 e. The zero-order chi connectivity index (χ0) is 13.3. The van der Waals surface area contributed by atoms with E-state index in [-0.39, 0.29) is 27.0 Å². The number of benzene rings is 1. The van der Waals surface area contributed by atoms with Crippen molar-refractivity contribution >= 4 is 21.6 Å². The Morgan fingerprint density at radius 1 is 1.47 bits per heavy atom. The Morgan fingerprint density at radius 3 is 2.41 bits per heavy atom. The molecule has 1 atom stereocenters. The summed E-state index contributed by atoms with van der Waals surface area (Å²) < 4.78 is 0.230. The van der Waals surface area contributed by atoms with E-state index in [1.807, 2.05) is 0 Å². The first-order valence-corrected chi connectivity index (χ1v) is 5.64. The molecular formula is C10H13BrN2O4. The minimum atomic E-state index is -0.856. The van der Waals surface area contributed by atoms with Gasteiger partial charge < -0.3 is 15.9 Å². The number of nitrogens with zero attached hydrogens (tertiary/aromatic N) is 1. The van der Waals surface area contributed by atoms with Crippen LogP contribution in [0.25, 0.3) is 0 Å². The number of nitro groups is 1. The van der Waals surface area contributed by atoms with Crippen molar-refractivity contribution in [3.8, 4) is 5.75 Å². The fraction of sp³-hybridized carbons (Fsp3) is 0.400. The van der Waals surface area contributed by atoms with Gasteiger partial charge in [0.2, 0.25) is 0 Å². The van der Waals surface area contributed by atoms with E-state index < -0.39 is 17.6 Å². The smallest absolute Gasteiger partial charge is 0.276 e. The first-order chi connectivity index (χ1) is 7.82. The van der Waals surface area contributed by atoms with E-state index >= 15 is 0 Å². The van der Waals surface area contributed by atoms with Gasteiger partial charge in [-0.3, -0.25) is 10.1 Å². The van der Waals surface area contributed by atoms with Crippen molar-refractivity contribution in [1.82, 2.24) is 0 Å². The molecule has 0 heterocycles. The van der Waals surface area contributed by atoms with Crippen molar-refractivity contribution in [3.05, 3.63) is 31.3 Å². The lowest BCUT2D eigenvalue weighted by Crippen LogP contribution is -2.17. The molecule has 94 valence electrons. The second kappa shape index (κ2) is 4.99. The molecule has 0 aliphatic heterocycles. The Morgan fingerprint density at radius 2 is 2.00 bits per heavy atom. The molecule has 0 fully saturated rings. The summed E-state index contributed by atoms with van der Waals surface area (Å²) >= 11 is 3.09. The van der Waals surface area contributed by atoms with Crippen LogP contribution in [0.2, 0.25) is 0 Å². The lowest BCUT2D eigenvalue weighted by molar-refractivity contribution is -0.386. The van der Waals surface area contributed by atoms with Gasteiger partial charge in [-0.2, -0.15) is 0 Å². The Kier molecular flexibility index (Phi) is 4.07. The van der Waals surface area contributed by atoms with Crippen molar-refractivity contribution in [3.63, 3.8) is 0 Å². The third-order valence-electron chi connectivity index (χ3n) is 2.66. The lowest BCUT2D eigenvalue weighted by Gasteiger charge is -2.17. The maximum atomic E-state index is 11.0. The quantitative estimate of drug-likeness (QED) is 0.581. The highest BCUT2D eigenvalue weighted by atomic mass is 79.9. The minimum absolute atomic E-state index is 0.103. The molecule has 0 saturated carbocycles. The molecule has 0 saturated heterocycles. The van der Waals surface area contributed by atoms with Crippen LogP contribution in [-0.4, -0.2) is 21.7 Å². The van der Waals surface area contributed by atoms with Crippen molar-refractivity contribution in [2.75, 3.05) is 6.61 Å². The van der Waals surface area contributed by atoms with E-state index in [0.29, 0.717) is 5.56 Å². The molecule has 0 amide bonds. The molecule has 0 unspecified atom stereocenters. The Hall–Kier alpha value is -1.18. The number of phenols is 1. The van der Waals surface area contributed by atoms with Crippen LogP contribution in [0.3, 0.4) is 0 Å². The van der Waals surface area contributed by atoms with Crippen LogP contribution in [0.5, 0.6) is 5.75 Å². The zero-order valence-corrected chi connectivity index (χ0v) is 11.0. The lowest BCUT2D eigenvalue weighted by atomic mass is 9.96. The molecular weight excluding hydrogens is 292 g/mol. The second-order valence-electron chi connectivity index (χ2n) is 3.72. The molecule has 0 bridgehead atoms. The molecule has 17 heavy (non-hydrogen) atoms. The number of hydrogen-bond donors (Lipinski definition) is 3. The fourth-order valence-electron chi connectivity index (χ4n) is 1.81. The molecule has 0 aliphatic rings. The number of aliphatic hydroxyl groups is 1. The monoisotopic (exact) mass is 304 g/mol. The molecule has 0 spiro atoms. The van der Waals surface area contributed by atoms with E-state index in [2.05, 4.69) is 15.9 Å². The van der Waals surface area contributed by atoms with E-state index in [0.717, 1.165) is 0 Å². The van der Waals surface area contributed by atoms with Gasteiger partial charge in [0, 0.05) is 16.7 Å². The summed E-state index contributed by atoms with van der Waals surface area (Å²) in [4.78, 5) is 10.4. The van der Waals surface area contributed by atoms with Gasteiger partial charge in [0.1, 0.15) is 5.75 Å². The standard InChI is InChI=1S/C10H13BrN2O4/c1-4-7(6(12)3-14)10(15)8(11)5(2)9(4)13(16)17/h6,14-15H,3,12H2,1-2H3/t6-/m0/s1. The Labute approximate surface area is 106 Å². The minimum Gasteiger partial charge on any atom is -0.506 e. The first-order valence-electron chi connectivity index (χ1n) is 4.85. The van der Waals surface area contributed by atoms with E-state index in [9.17, 15) is 15.2 Å². The number of nitro benzene ring substituents is 1. The van der Waals surface area contributed by atoms with Gasteiger partial charge in [0.05, 0.1) is 22.0 Å². The topological polar surface area (TPSA) is 110 Å². The van der Waals surface area contributed by atoms with Gasteiger partial charge in [0.25, 0.3) is 5.69 Å². The van der Waals surface area contributed by atoms with Gasteiger partial charge >= 0.3 is 0 Å². The summed E-state index contributed by atoms with van der Waals surface area (Å²) in [5.74, 6) is -0.160. The van der Waals surface area contributed by atoms with E-state index in [1.54, 1.807) is 0 Å². The average Bonchev–Trinajstić information content (AvgIpc) is 2.25. The summed E-state index contributed by atoms with van der Waals surface area (Å²) in [7, 11) is 0. The van der Waals surface area contributed by atoms with Crippen LogP contribution < -0.4 is 5.73 Å². The zero-order valence-electron chi connectivity index (χ0n) is 9.40. The normalized spacial score (nSPS) is 12.5. The van der Waals surface area contributed by atoms with Gasteiger partial charge in [-0.1, -0.05) is 0 Å². The van der Waals surface area contributed by atoms with E-state index in [1.165, 1.54) is 13.8 Å². The van der Waals surface area contributed by atoms with Gasteiger partial charge in [-0.05, 0) is 29.8 Å². The number of nitrogens with two attached hydrogens (primary N) is 1. The maximum absolute atomic E-state index is 11.0. The van der Waals surface area contributed by atoms with Crippen molar-refractivity contribution < 1.29 is 15.1 Å². The average molecular weight is 305 g/mol. The number of halogens is 1. The highest BCUT2D eigenvalue weighted by Crippen LogP contribution is 2.42. The fourth-order valence-corrected chi connectivity index (χ4v) is 2.21. The molecule has 1 aromatic rings. The Bertz CT molecular complexity index is 476. The number of aromatic hydroxyl groups is 1. The second-order valence-corrected chi connectivity index (χ2v) is 4.51. The molecule has 0 aliphatic carbocycles. The number of aliphatic hydroxyl groups excluding tert-OH is 1. The van der Waals surface area contributed by atoms with Crippen LogP contribution in [0.15, 0.2) is 4.47 Å². The van der Waals surface area contributed by atoms with Crippen molar-refractivity contribution in [1.29, 1.82) is 0 Å². The number of phenolic OH excluding ortho intramolecular Hbond substituents is 1. The molecule has 0 radical (unpaired) electrons. The van der Waals surface area contributed by atoms with Crippen LogP contribution >= 0.6 is 15.9 Å². The van der Waals surface area contributed by atoms with Gasteiger partial charge in [0.15, 0.2) is 0 Å². The first kappa shape index (κ1) is 13.9. The van der Waals surface area contributed by atoms with Crippen LogP contribution in [0.1, 0.15) is 22.7 Å². The van der Waals surface area contributed by atoms with Crippen molar-refractivity contribution in [2.45, 2.75) is 19.9 Å². The number of rotatable bonds is 3.